The van der Waals surface area contributed by atoms with Crippen molar-refractivity contribution in [3.63, 3.8) is 0 Å². The molecular weight excluding hydrogens is 321 g/mol. The maximum Gasteiger partial charge on any atom is 1.00 e. The van der Waals surface area contributed by atoms with Crippen molar-refractivity contribution >= 4 is 17.6 Å². The van der Waals surface area contributed by atoms with E-state index < -0.39 is 11.9 Å². The fourth-order valence-corrected chi connectivity index (χ4v) is 1.65. The molecule has 5 N–H and O–H groups in total. The summed E-state index contributed by atoms with van der Waals surface area (Å²) in [6.07, 6.45) is 0. The minimum absolute atomic E-state index is 0. The van der Waals surface area contributed by atoms with E-state index in [1.807, 2.05) is 26.8 Å². The summed E-state index contributed by atoms with van der Waals surface area (Å²) in [5.41, 5.74) is 9.63. The molecule has 24 heavy (non-hydrogen) atoms. The molecular formula is C17H20NNaO5. The predicted molar refractivity (Wildman–Crippen MR) is 87.4 cm³/mol. The molecule has 6 nitrogen and oxygen atoms in total. The molecule has 0 amide bonds. The standard InChI is InChI=1S/C9H10O2.C8H9NO2.Na.H2O/c1-6-3-4-8(9(10)11)5-7(6)2;1-5-2-3-6(8(10)11)4-7(5)9;;/h3-5H,1-2H3,(H,10,11);2-4H,9H2,1H3,(H,10,11);;1H2/q;;+1;/p-1. The van der Waals surface area contributed by atoms with Crippen LogP contribution in [0.2, 0.25) is 0 Å². The average molecular weight is 341 g/mol. The Morgan fingerprint density at radius 2 is 1.21 bits per heavy atom. The third-order valence-electron chi connectivity index (χ3n) is 3.28. The quantitative estimate of drug-likeness (QED) is 0.525. The molecule has 0 aliphatic rings. The van der Waals surface area contributed by atoms with Gasteiger partial charge < -0.3 is 21.4 Å². The number of carbonyl (C=O) groups is 2. The van der Waals surface area contributed by atoms with E-state index in [1.54, 1.807) is 18.2 Å². The van der Waals surface area contributed by atoms with Crippen LogP contribution in [0.5, 0.6) is 0 Å². The van der Waals surface area contributed by atoms with Crippen LogP contribution < -0.4 is 35.3 Å². The van der Waals surface area contributed by atoms with Crippen LogP contribution in [-0.4, -0.2) is 27.6 Å². The largest absolute Gasteiger partial charge is 1.00 e. The Kier molecular flexibility index (Phi) is 11.0. The maximum absolute atomic E-state index is 10.5. The number of benzene rings is 2. The molecule has 2 rings (SSSR count). The van der Waals surface area contributed by atoms with Crippen LogP contribution in [0.3, 0.4) is 0 Å². The number of carboxylic acids is 2. The zero-order chi connectivity index (χ0) is 16.9. The smallest absolute Gasteiger partial charge is 0.870 e. The van der Waals surface area contributed by atoms with Crippen LogP contribution in [-0.2, 0) is 0 Å². The Balaban J connectivity index is 0. The minimum Gasteiger partial charge on any atom is -0.870 e. The summed E-state index contributed by atoms with van der Waals surface area (Å²) in [6.45, 7) is 5.70. The monoisotopic (exact) mass is 341 g/mol. The molecule has 0 unspecified atom stereocenters. The predicted octanol–water partition coefficient (Wildman–Crippen LogP) is 0.104. The number of aryl methyl sites for hydroxylation is 3. The first kappa shape index (κ1) is 24.4. The summed E-state index contributed by atoms with van der Waals surface area (Å²) >= 11 is 0. The molecule has 0 radical (unpaired) electrons. The Hall–Kier alpha value is -1.86. The summed E-state index contributed by atoms with van der Waals surface area (Å²) in [7, 11) is 0. The van der Waals surface area contributed by atoms with Gasteiger partial charge in [0.1, 0.15) is 0 Å². The number of hydrogen-bond donors (Lipinski definition) is 3. The van der Waals surface area contributed by atoms with Gasteiger partial charge in [-0.3, -0.25) is 0 Å². The van der Waals surface area contributed by atoms with Gasteiger partial charge in [0.05, 0.1) is 11.1 Å². The van der Waals surface area contributed by atoms with Gasteiger partial charge in [-0.1, -0.05) is 12.1 Å². The van der Waals surface area contributed by atoms with Crippen molar-refractivity contribution < 1.29 is 54.8 Å². The van der Waals surface area contributed by atoms with E-state index in [1.165, 1.54) is 12.1 Å². The van der Waals surface area contributed by atoms with Gasteiger partial charge in [0.2, 0.25) is 0 Å². The van der Waals surface area contributed by atoms with E-state index >= 15 is 0 Å². The number of carboxylic acid groups (broad SMARTS) is 2. The summed E-state index contributed by atoms with van der Waals surface area (Å²) in [6, 6.07) is 9.80. The summed E-state index contributed by atoms with van der Waals surface area (Å²) < 4.78 is 0. The topological polar surface area (TPSA) is 131 Å². The van der Waals surface area contributed by atoms with Crippen molar-refractivity contribution in [2.45, 2.75) is 20.8 Å². The van der Waals surface area contributed by atoms with Crippen LogP contribution in [0, 0.1) is 20.8 Å². The van der Waals surface area contributed by atoms with Crippen LogP contribution in [0.15, 0.2) is 36.4 Å². The molecule has 7 heteroatoms. The van der Waals surface area contributed by atoms with Crippen LogP contribution in [0.1, 0.15) is 37.4 Å². The van der Waals surface area contributed by atoms with E-state index in [-0.39, 0.29) is 40.6 Å². The molecule has 0 aliphatic heterocycles. The van der Waals surface area contributed by atoms with E-state index in [0.717, 1.165) is 16.7 Å². The molecule has 0 saturated heterocycles. The number of nitrogens with two attached hydrogens (primary N) is 1. The Bertz CT molecular complexity index is 655. The van der Waals surface area contributed by atoms with Crippen molar-refractivity contribution in [1.29, 1.82) is 0 Å². The van der Waals surface area contributed by atoms with Crippen molar-refractivity contribution in [3.8, 4) is 0 Å². The fraction of sp³-hybridized carbons (Fsp3) is 0.176. The summed E-state index contributed by atoms with van der Waals surface area (Å²) in [5, 5.41) is 17.1. The first-order valence-corrected chi connectivity index (χ1v) is 6.62. The van der Waals surface area contributed by atoms with Gasteiger partial charge in [-0.15, -0.1) is 0 Å². The number of aromatic carboxylic acids is 2. The third kappa shape index (κ3) is 7.14. The molecule has 0 saturated carbocycles. The molecule has 2 aromatic rings. The molecule has 0 atom stereocenters. The molecule has 0 aliphatic carbocycles. The number of anilines is 1. The summed E-state index contributed by atoms with van der Waals surface area (Å²) in [5.74, 6) is -1.81. The van der Waals surface area contributed by atoms with E-state index in [2.05, 4.69) is 0 Å². The van der Waals surface area contributed by atoms with Crippen molar-refractivity contribution in [3.05, 3.63) is 64.2 Å². The second-order valence-electron chi connectivity index (χ2n) is 4.98. The minimum atomic E-state index is -0.947. The van der Waals surface area contributed by atoms with E-state index in [0.29, 0.717) is 11.3 Å². The molecule has 0 spiro atoms. The number of nitrogen functional groups attached to an aromatic ring is 1. The number of rotatable bonds is 2. The zero-order valence-electron chi connectivity index (χ0n) is 14.2. The normalized spacial score (nSPS) is 8.79. The van der Waals surface area contributed by atoms with Gasteiger partial charge in [0, 0.05) is 5.69 Å². The molecule has 2 aromatic carbocycles. The van der Waals surface area contributed by atoms with Crippen LogP contribution in [0.4, 0.5) is 5.69 Å². The van der Waals surface area contributed by atoms with Crippen LogP contribution in [0.25, 0.3) is 0 Å². The van der Waals surface area contributed by atoms with Crippen LogP contribution >= 0.6 is 0 Å². The molecule has 0 bridgehead atoms. The van der Waals surface area contributed by atoms with Crippen molar-refractivity contribution in [1.82, 2.24) is 0 Å². The van der Waals surface area contributed by atoms with Gasteiger partial charge in [0.15, 0.2) is 0 Å². The molecule has 0 fully saturated rings. The maximum atomic E-state index is 10.5. The second-order valence-corrected chi connectivity index (χ2v) is 4.98. The fourth-order valence-electron chi connectivity index (χ4n) is 1.65. The Morgan fingerprint density at radius 3 is 1.58 bits per heavy atom. The van der Waals surface area contributed by atoms with Crippen molar-refractivity contribution in [2.24, 2.45) is 0 Å². The van der Waals surface area contributed by atoms with Gasteiger partial charge in [-0.2, -0.15) is 0 Å². The third-order valence-corrected chi connectivity index (χ3v) is 3.28. The van der Waals surface area contributed by atoms with Gasteiger partial charge in [-0.05, 0) is 61.7 Å². The number of hydrogen-bond acceptors (Lipinski definition) is 4. The van der Waals surface area contributed by atoms with E-state index in [9.17, 15) is 9.59 Å². The zero-order valence-corrected chi connectivity index (χ0v) is 16.2. The first-order chi connectivity index (χ1) is 10.2. The molecule has 0 heterocycles. The van der Waals surface area contributed by atoms with E-state index in [4.69, 9.17) is 15.9 Å². The molecule has 0 aromatic heterocycles. The Labute approximate surface area is 162 Å². The Morgan fingerprint density at radius 1 is 0.792 bits per heavy atom. The SMILES string of the molecule is Cc1ccc(C(=O)O)cc1C.Cc1ccc(C(=O)O)cc1N.[Na+].[OH-]. The summed E-state index contributed by atoms with van der Waals surface area (Å²) in [4.78, 5) is 20.9. The molecule has 124 valence electrons. The van der Waals surface area contributed by atoms with Gasteiger partial charge in [-0.25, -0.2) is 9.59 Å². The van der Waals surface area contributed by atoms with Gasteiger partial charge >= 0.3 is 41.5 Å². The van der Waals surface area contributed by atoms with Crippen molar-refractivity contribution in [2.75, 3.05) is 5.73 Å². The second kappa shape index (κ2) is 10.8. The average Bonchev–Trinajstić information content (AvgIpc) is 2.45. The van der Waals surface area contributed by atoms with Gasteiger partial charge in [0.25, 0.3) is 0 Å². The first-order valence-electron chi connectivity index (χ1n) is 6.62.